The van der Waals surface area contributed by atoms with E-state index >= 15 is 0 Å². The largest absolute Gasteiger partial charge is 0.0843 e. The summed E-state index contributed by atoms with van der Waals surface area (Å²) >= 11 is 5.77. The van der Waals surface area contributed by atoms with Gasteiger partial charge in [-0.15, -0.1) is 0 Å². The number of halogens is 1. The van der Waals surface area contributed by atoms with E-state index in [1.54, 1.807) is 0 Å². The molecule has 1 aliphatic carbocycles. The van der Waals surface area contributed by atoms with Gasteiger partial charge in [0.15, 0.2) is 0 Å². The quantitative estimate of drug-likeness (QED) is 0.532. The lowest BCUT2D eigenvalue weighted by molar-refractivity contribution is 1.31. The zero-order chi connectivity index (χ0) is 6.97. The molecule has 0 saturated carbocycles. The second-order valence-electron chi connectivity index (χ2n) is 2.35. The molecule has 10 heavy (non-hydrogen) atoms. The first-order valence-electron chi connectivity index (χ1n) is 3.23. The van der Waals surface area contributed by atoms with E-state index in [-0.39, 0.29) is 0 Å². The maximum Gasteiger partial charge on any atom is 0.0412 e. The highest BCUT2D eigenvalue weighted by molar-refractivity contribution is 6.30. The first-order chi connectivity index (χ1) is 4.86. The molecule has 2 rings (SSSR count). The average molecular weight is 150 g/mol. The van der Waals surface area contributed by atoms with Crippen LogP contribution in [0.3, 0.4) is 0 Å². The molecule has 0 spiro atoms. The minimum absolute atomic E-state index is 0.793. The van der Waals surface area contributed by atoms with E-state index in [1.807, 2.05) is 24.3 Å². The van der Waals surface area contributed by atoms with Crippen molar-refractivity contribution in [2.24, 2.45) is 0 Å². The molecule has 1 radical (unpaired) electrons. The molecule has 0 aliphatic heterocycles. The highest BCUT2D eigenvalue weighted by Gasteiger charge is 2.03. The third-order valence-electron chi connectivity index (χ3n) is 1.65. The zero-order valence-corrected chi connectivity index (χ0v) is 6.15. The van der Waals surface area contributed by atoms with E-state index in [1.165, 1.54) is 5.56 Å². The van der Waals surface area contributed by atoms with Crippen LogP contribution in [0.5, 0.6) is 0 Å². The second kappa shape index (κ2) is 2.14. The first kappa shape index (κ1) is 5.99. The van der Waals surface area contributed by atoms with Crippen LogP contribution in [-0.2, 0) is 6.42 Å². The van der Waals surface area contributed by atoms with E-state index < -0.39 is 0 Å². The van der Waals surface area contributed by atoms with Gasteiger partial charge in [-0.05, 0) is 35.8 Å². The first-order valence-corrected chi connectivity index (χ1v) is 3.61. The summed E-state index contributed by atoms with van der Waals surface area (Å²) in [5.74, 6) is 0. The highest BCUT2D eigenvalue weighted by atomic mass is 35.5. The normalized spacial score (nSPS) is 13.7. The topological polar surface area (TPSA) is 0 Å². The summed E-state index contributed by atoms with van der Waals surface area (Å²) in [4.78, 5) is 0. The van der Waals surface area contributed by atoms with Crippen LogP contribution < -0.4 is 0 Å². The molecule has 0 aromatic heterocycles. The van der Waals surface area contributed by atoms with Crippen LogP contribution in [0.1, 0.15) is 11.1 Å². The van der Waals surface area contributed by atoms with Crippen molar-refractivity contribution in [3.63, 3.8) is 0 Å². The van der Waals surface area contributed by atoms with Crippen molar-refractivity contribution in [3.05, 3.63) is 46.5 Å². The van der Waals surface area contributed by atoms with E-state index in [2.05, 4.69) is 6.08 Å². The molecule has 0 saturated heterocycles. The van der Waals surface area contributed by atoms with Gasteiger partial charge in [-0.25, -0.2) is 0 Å². The molecule has 1 heteroatoms. The molecule has 0 amide bonds. The van der Waals surface area contributed by atoms with E-state index in [0.717, 1.165) is 17.0 Å². The average Bonchev–Trinajstić information content (AvgIpc) is 2.33. The molecular formula is C9H6Cl. The predicted molar refractivity (Wildman–Crippen MR) is 42.1 cm³/mol. The zero-order valence-electron chi connectivity index (χ0n) is 5.39. The van der Waals surface area contributed by atoms with E-state index in [9.17, 15) is 0 Å². The van der Waals surface area contributed by atoms with Gasteiger partial charge in [0, 0.05) is 5.02 Å². The lowest BCUT2D eigenvalue weighted by Gasteiger charge is -1.96. The van der Waals surface area contributed by atoms with E-state index in [4.69, 9.17) is 11.6 Å². The summed E-state index contributed by atoms with van der Waals surface area (Å²) in [6, 6.07) is 5.91. The van der Waals surface area contributed by atoms with Gasteiger partial charge in [0.25, 0.3) is 0 Å². The van der Waals surface area contributed by atoms with Crippen molar-refractivity contribution < 1.29 is 0 Å². The lowest BCUT2D eigenvalue weighted by Crippen LogP contribution is -1.79. The molecule has 0 atom stereocenters. The molecule has 0 nitrogen and oxygen atoms in total. The van der Waals surface area contributed by atoms with Crippen molar-refractivity contribution in [1.29, 1.82) is 0 Å². The Morgan fingerprint density at radius 3 is 3.20 bits per heavy atom. The number of hydrogen-bond donors (Lipinski definition) is 0. The molecule has 0 N–H and O–H groups in total. The Morgan fingerprint density at radius 2 is 2.30 bits per heavy atom. The molecule has 1 aromatic rings. The van der Waals surface area contributed by atoms with Crippen LogP contribution in [0, 0.1) is 6.08 Å². The summed E-state index contributed by atoms with van der Waals surface area (Å²) in [6.45, 7) is 0. The highest BCUT2D eigenvalue weighted by Crippen LogP contribution is 2.20. The van der Waals surface area contributed by atoms with Crippen molar-refractivity contribution in [1.82, 2.24) is 0 Å². The molecule has 0 heterocycles. The minimum Gasteiger partial charge on any atom is -0.0843 e. The standard InChI is InChI=1S/C9H6Cl/c10-9-5-4-7-2-1-3-8(7)6-9/h1,4-6H,2H2. The van der Waals surface area contributed by atoms with Crippen molar-refractivity contribution in [2.75, 3.05) is 0 Å². The van der Waals surface area contributed by atoms with Crippen molar-refractivity contribution in [2.45, 2.75) is 6.42 Å². The monoisotopic (exact) mass is 149 g/mol. The van der Waals surface area contributed by atoms with Gasteiger partial charge in [-0.1, -0.05) is 23.7 Å². The second-order valence-corrected chi connectivity index (χ2v) is 2.79. The minimum atomic E-state index is 0.793. The fourth-order valence-electron chi connectivity index (χ4n) is 1.13. The van der Waals surface area contributed by atoms with Crippen LogP contribution in [0.15, 0.2) is 24.3 Å². The van der Waals surface area contributed by atoms with Gasteiger partial charge >= 0.3 is 0 Å². The molecular weight excluding hydrogens is 144 g/mol. The number of fused-ring (bicyclic) bond motifs is 1. The lowest BCUT2D eigenvalue weighted by atomic mass is 10.1. The maximum atomic E-state index is 5.77. The molecule has 49 valence electrons. The molecule has 1 aliphatic rings. The molecule has 0 fully saturated rings. The Hall–Kier alpha value is -0.750. The van der Waals surface area contributed by atoms with Gasteiger partial charge in [-0.3, -0.25) is 0 Å². The Balaban J connectivity index is 2.60. The predicted octanol–water partition coefficient (Wildman–Crippen LogP) is 2.60. The van der Waals surface area contributed by atoms with Crippen LogP contribution >= 0.6 is 11.6 Å². The maximum absolute atomic E-state index is 5.77. The van der Waals surface area contributed by atoms with Gasteiger partial charge in [-0.2, -0.15) is 0 Å². The molecule has 1 aromatic carbocycles. The molecule has 0 bridgehead atoms. The van der Waals surface area contributed by atoms with Gasteiger partial charge in [0.2, 0.25) is 0 Å². The summed E-state index contributed by atoms with van der Waals surface area (Å²) in [5.41, 5.74) is 2.47. The summed E-state index contributed by atoms with van der Waals surface area (Å²) in [5, 5.41) is 0.793. The Kier molecular flexibility index (Phi) is 1.28. The number of hydrogen-bond acceptors (Lipinski definition) is 0. The third kappa shape index (κ3) is 0.850. The van der Waals surface area contributed by atoms with Crippen molar-refractivity contribution >= 4 is 11.6 Å². The van der Waals surface area contributed by atoms with Crippen LogP contribution in [0.4, 0.5) is 0 Å². The summed E-state index contributed by atoms with van der Waals surface area (Å²) in [6.07, 6.45) is 6.17. The summed E-state index contributed by atoms with van der Waals surface area (Å²) < 4.78 is 0. The fraction of sp³-hybridized carbons (Fsp3) is 0.111. The Labute approximate surface area is 65.1 Å². The van der Waals surface area contributed by atoms with Crippen LogP contribution in [0.2, 0.25) is 5.02 Å². The smallest absolute Gasteiger partial charge is 0.0412 e. The number of rotatable bonds is 0. The van der Waals surface area contributed by atoms with Crippen LogP contribution in [0.25, 0.3) is 0 Å². The Morgan fingerprint density at radius 1 is 1.40 bits per heavy atom. The SMILES string of the molecule is Clc1ccc2c(c1)[C]=CC2. The fourth-order valence-corrected chi connectivity index (χ4v) is 1.30. The van der Waals surface area contributed by atoms with Crippen molar-refractivity contribution in [3.8, 4) is 0 Å². The van der Waals surface area contributed by atoms with Gasteiger partial charge in [0.1, 0.15) is 0 Å². The van der Waals surface area contributed by atoms with Gasteiger partial charge < -0.3 is 0 Å². The third-order valence-corrected chi connectivity index (χ3v) is 1.89. The van der Waals surface area contributed by atoms with Gasteiger partial charge in [0.05, 0.1) is 0 Å². The van der Waals surface area contributed by atoms with Crippen LogP contribution in [-0.4, -0.2) is 0 Å². The molecule has 0 unspecified atom stereocenters. The van der Waals surface area contributed by atoms with E-state index in [0.29, 0.717) is 0 Å². The number of allylic oxidation sites excluding steroid dienone is 1. The Bertz CT molecular complexity index is 287. The summed E-state index contributed by atoms with van der Waals surface area (Å²) in [7, 11) is 0. The number of benzene rings is 1.